The lowest BCUT2D eigenvalue weighted by atomic mass is 10.1. The Morgan fingerprint density at radius 2 is 1.88 bits per heavy atom. The molecule has 2 N–H and O–H groups in total. The molecule has 0 saturated heterocycles. The lowest BCUT2D eigenvalue weighted by Gasteiger charge is -2.08. The molecule has 0 unspecified atom stereocenters. The van der Waals surface area contributed by atoms with Crippen molar-refractivity contribution in [3.8, 4) is 0 Å². The topological polar surface area (TPSA) is 87.7 Å². The normalized spacial score (nSPS) is 11.6. The second-order valence-electron chi connectivity index (χ2n) is 6.28. The summed E-state index contributed by atoms with van der Waals surface area (Å²) in [4.78, 5) is 4.74. The molecule has 0 aliphatic carbocycles. The second kappa shape index (κ2) is 7.80. The van der Waals surface area contributed by atoms with Crippen LogP contribution in [0.15, 0.2) is 53.4 Å². The van der Waals surface area contributed by atoms with Gasteiger partial charge in [-0.1, -0.05) is 48.0 Å². The fraction of sp³-hybridized carbons (Fsp3) is 0.263. The van der Waals surface area contributed by atoms with E-state index < -0.39 is 10.0 Å². The maximum atomic E-state index is 12.4. The van der Waals surface area contributed by atoms with Crippen LogP contribution >= 0.6 is 0 Å². The molecule has 6 nitrogen and oxygen atoms in total. The van der Waals surface area contributed by atoms with Crippen molar-refractivity contribution in [2.45, 2.75) is 31.6 Å². The summed E-state index contributed by atoms with van der Waals surface area (Å²) < 4.78 is 27.3. The van der Waals surface area contributed by atoms with Crippen LogP contribution in [-0.2, 0) is 22.9 Å². The lowest BCUT2D eigenvalue weighted by molar-refractivity contribution is 0.580. The fourth-order valence-corrected chi connectivity index (χ4v) is 4.05. The van der Waals surface area contributed by atoms with Gasteiger partial charge < -0.3 is 0 Å². The smallest absolute Gasteiger partial charge is 0.240 e. The highest BCUT2D eigenvalue weighted by Crippen LogP contribution is 2.13. The van der Waals surface area contributed by atoms with E-state index in [4.69, 9.17) is 0 Å². The molecule has 3 aromatic rings. The Bertz CT molecular complexity index is 996. The molecule has 0 radical (unpaired) electrons. The summed E-state index contributed by atoms with van der Waals surface area (Å²) in [5.74, 6) is 1.37. The minimum absolute atomic E-state index is 0.248. The zero-order chi connectivity index (χ0) is 18.6. The first-order valence-electron chi connectivity index (χ1n) is 8.45. The maximum Gasteiger partial charge on any atom is 0.240 e. The van der Waals surface area contributed by atoms with E-state index in [1.807, 2.05) is 18.2 Å². The van der Waals surface area contributed by atoms with E-state index in [1.165, 1.54) is 5.56 Å². The minimum atomic E-state index is -3.52. The largest absolute Gasteiger partial charge is 0.263 e. The summed E-state index contributed by atoms with van der Waals surface area (Å²) in [6.07, 6.45) is 1.10. The number of hydrogen-bond donors (Lipinski definition) is 2. The number of hydrogen-bond acceptors (Lipinski definition) is 4. The quantitative estimate of drug-likeness (QED) is 0.669. The molecule has 1 heterocycles. The molecule has 0 aliphatic heterocycles. The van der Waals surface area contributed by atoms with Crippen molar-refractivity contribution in [3.05, 3.63) is 76.9 Å². The van der Waals surface area contributed by atoms with Gasteiger partial charge in [0.25, 0.3) is 0 Å². The highest BCUT2D eigenvalue weighted by Gasteiger charge is 2.16. The average molecular weight is 370 g/mol. The summed E-state index contributed by atoms with van der Waals surface area (Å²) in [7, 11) is -3.52. The number of nitrogens with zero attached hydrogens (tertiary/aromatic N) is 2. The molecule has 7 heteroatoms. The molecule has 26 heavy (non-hydrogen) atoms. The van der Waals surface area contributed by atoms with Crippen molar-refractivity contribution in [2.24, 2.45) is 0 Å². The van der Waals surface area contributed by atoms with Crippen LogP contribution in [0, 0.1) is 13.8 Å². The van der Waals surface area contributed by atoms with Crippen LogP contribution in [0.25, 0.3) is 0 Å². The predicted octanol–water partition coefficient (Wildman–Crippen LogP) is 2.53. The van der Waals surface area contributed by atoms with E-state index in [0.29, 0.717) is 23.6 Å². The molecular weight excluding hydrogens is 348 g/mol. The summed E-state index contributed by atoms with van der Waals surface area (Å²) in [6, 6.07) is 15.1. The zero-order valence-electron chi connectivity index (χ0n) is 14.9. The number of rotatable bonds is 7. The first kappa shape index (κ1) is 18.3. The first-order chi connectivity index (χ1) is 12.4. The number of aryl methyl sites for hydroxylation is 2. The van der Waals surface area contributed by atoms with Crippen LogP contribution in [0.3, 0.4) is 0 Å². The van der Waals surface area contributed by atoms with Gasteiger partial charge in [0.1, 0.15) is 5.82 Å². The van der Waals surface area contributed by atoms with Crippen LogP contribution < -0.4 is 4.72 Å². The maximum absolute atomic E-state index is 12.4. The molecule has 3 rings (SSSR count). The monoisotopic (exact) mass is 370 g/mol. The van der Waals surface area contributed by atoms with Crippen LogP contribution in [0.1, 0.15) is 28.3 Å². The van der Waals surface area contributed by atoms with E-state index in [9.17, 15) is 8.42 Å². The van der Waals surface area contributed by atoms with Gasteiger partial charge in [-0.15, -0.1) is 0 Å². The molecule has 0 aliphatic rings. The SMILES string of the molecule is Cc1cccc(Cc2nc(CCNS(=O)(=O)c3ccccc3C)n[nH]2)c1. The van der Waals surface area contributed by atoms with Crippen LogP contribution in [0.5, 0.6) is 0 Å². The van der Waals surface area contributed by atoms with Crippen molar-refractivity contribution in [3.63, 3.8) is 0 Å². The van der Waals surface area contributed by atoms with Crippen LogP contribution in [-0.4, -0.2) is 30.1 Å². The summed E-state index contributed by atoms with van der Waals surface area (Å²) in [5, 5.41) is 7.10. The third-order valence-corrected chi connectivity index (χ3v) is 5.68. The molecule has 0 bridgehead atoms. The minimum Gasteiger partial charge on any atom is -0.263 e. The Labute approximate surface area is 153 Å². The average Bonchev–Trinajstić information content (AvgIpc) is 3.02. The molecule has 136 valence electrons. The number of benzene rings is 2. The van der Waals surface area contributed by atoms with E-state index in [0.717, 1.165) is 17.0 Å². The third kappa shape index (κ3) is 4.56. The van der Waals surface area contributed by atoms with E-state index in [1.54, 1.807) is 25.1 Å². The summed E-state index contributed by atoms with van der Waals surface area (Å²) in [6.45, 7) is 4.08. The Balaban J connectivity index is 1.58. The molecule has 1 aromatic heterocycles. The molecule has 0 saturated carbocycles. The van der Waals surface area contributed by atoms with Gasteiger partial charge >= 0.3 is 0 Å². The van der Waals surface area contributed by atoms with Crippen LogP contribution in [0.4, 0.5) is 0 Å². The van der Waals surface area contributed by atoms with Gasteiger partial charge in [-0.25, -0.2) is 18.1 Å². The number of sulfonamides is 1. The van der Waals surface area contributed by atoms with Gasteiger partial charge in [0.2, 0.25) is 10.0 Å². The highest BCUT2D eigenvalue weighted by atomic mass is 32.2. The van der Waals surface area contributed by atoms with Crippen LogP contribution in [0.2, 0.25) is 0 Å². The summed E-state index contributed by atoms with van der Waals surface area (Å²) >= 11 is 0. The Kier molecular flexibility index (Phi) is 5.49. The lowest BCUT2D eigenvalue weighted by Crippen LogP contribution is -2.26. The number of nitrogens with one attached hydrogen (secondary N) is 2. The van der Waals surface area contributed by atoms with Crippen molar-refractivity contribution in [1.82, 2.24) is 19.9 Å². The third-order valence-electron chi connectivity index (χ3n) is 4.06. The molecule has 2 aromatic carbocycles. The standard InChI is InChI=1S/C19H22N4O2S/c1-14-6-5-8-16(12-14)13-19-21-18(22-23-19)10-11-20-26(24,25)17-9-4-3-7-15(17)2/h3-9,12,20H,10-11,13H2,1-2H3,(H,21,22,23). The molecule has 0 spiro atoms. The van der Waals surface area contributed by atoms with Gasteiger partial charge in [-0.05, 0) is 31.0 Å². The Morgan fingerprint density at radius 1 is 1.08 bits per heavy atom. The molecular formula is C19H22N4O2S. The van der Waals surface area contributed by atoms with Crippen molar-refractivity contribution in [1.29, 1.82) is 0 Å². The molecule has 0 atom stereocenters. The van der Waals surface area contributed by atoms with Crippen molar-refractivity contribution in [2.75, 3.05) is 6.54 Å². The number of H-pyrrole nitrogens is 1. The molecule has 0 amide bonds. The van der Waals surface area contributed by atoms with Gasteiger partial charge in [0, 0.05) is 19.4 Å². The van der Waals surface area contributed by atoms with E-state index >= 15 is 0 Å². The molecule has 0 fully saturated rings. The Morgan fingerprint density at radius 3 is 2.65 bits per heavy atom. The van der Waals surface area contributed by atoms with Crippen molar-refractivity contribution < 1.29 is 8.42 Å². The van der Waals surface area contributed by atoms with Gasteiger partial charge in [-0.2, -0.15) is 5.10 Å². The van der Waals surface area contributed by atoms with Crippen molar-refractivity contribution >= 4 is 10.0 Å². The predicted molar refractivity (Wildman–Crippen MR) is 100 cm³/mol. The van der Waals surface area contributed by atoms with Gasteiger partial charge in [-0.3, -0.25) is 5.10 Å². The first-order valence-corrected chi connectivity index (χ1v) is 9.93. The van der Waals surface area contributed by atoms with Gasteiger partial charge in [0.15, 0.2) is 5.82 Å². The van der Waals surface area contributed by atoms with E-state index in [2.05, 4.69) is 39.0 Å². The fourth-order valence-electron chi connectivity index (χ4n) is 2.77. The van der Waals surface area contributed by atoms with E-state index in [-0.39, 0.29) is 6.54 Å². The second-order valence-corrected chi connectivity index (χ2v) is 8.01. The zero-order valence-corrected chi connectivity index (χ0v) is 15.7. The summed E-state index contributed by atoms with van der Waals surface area (Å²) in [5.41, 5.74) is 3.08. The highest BCUT2D eigenvalue weighted by molar-refractivity contribution is 7.89. The number of aromatic nitrogens is 3. The number of aromatic amines is 1. The Hall–Kier alpha value is -2.51. The van der Waals surface area contributed by atoms with Gasteiger partial charge in [0.05, 0.1) is 4.90 Å².